The van der Waals surface area contributed by atoms with Crippen LogP contribution in [0, 0.1) is 50.7 Å². The minimum Gasteiger partial charge on any atom is -0.462 e. The van der Waals surface area contributed by atoms with E-state index in [4.69, 9.17) is 18.9 Å². The molecule has 0 aromatic carbocycles. The summed E-state index contributed by atoms with van der Waals surface area (Å²) in [7, 11) is 0. The third kappa shape index (κ3) is 9.42. The van der Waals surface area contributed by atoms with Crippen molar-refractivity contribution in [3.8, 4) is 0 Å². The molecule has 9 fully saturated rings. The van der Waals surface area contributed by atoms with E-state index in [1.807, 2.05) is 69.2 Å². The average molecular weight is 803 g/mol. The number of cyclic esters (lactones) is 1. The summed E-state index contributed by atoms with van der Waals surface area (Å²) in [5, 5.41) is 21.3. The molecule has 1 aliphatic heterocycles. The summed E-state index contributed by atoms with van der Waals surface area (Å²) in [6, 6.07) is 0. The summed E-state index contributed by atoms with van der Waals surface area (Å²) in [6.45, 7) is 25.7. The van der Waals surface area contributed by atoms with E-state index in [-0.39, 0.29) is 40.3 Å². The van der Waals surface area contributed by atoms with Crippen molar-refractivity contribution >= 4 is 23.9 Å². The lowest BCUT2D eigenvalue weighted by atomic mass is 9.46. The number of hydrogen-bond donors (Lipinski definition) is 2. The zero-order chi connectivity index (χ0) is 42.8. The minimum absolute atomic E-state index is 0.00857. The van der Waals surface area contributed by atoms with Crippen LogP contribution in [0.3, 0.4) is 0 Å². The quantitative estimate of drug-likeness (QED) is 0.162. The van der Waals surface area contributed by atoms with E-state index in [1.54, 1.807) is 0 Å². The summed E-state index contributed by atoms with van der Waals surface area (Å²) < 4.78 is 22.2. The summed E-state index contributed by atoms with van der Waals surface area (Å²) in [4.78, 5) is 48.3. The van der Waals surface area contributed by atoms with Crippen LogP contribution in [0.5, 0.6) is 0 Å². The molecule has 8 bridgehead atoms. The Morgan fingerprint density at radius 2 is 1.09 bits per heavy atom. The summed E-state index contributed by atoms with van der Waals surface area (Å²) in [6.07, 6.45) is 13.3. The van der Waals surface area contributed by atoms with Gasteiger partial charge in [0.15, 0.2) is 0 Å². The maximum Gasteiger partial charge on any atom is 0.348 e. The molecule has 0 radical (unpaired) electrons. The Morgan fingerprint density at radius 1 is 0.649 bits per heavy atom. The third-order valence-electron chi connectivity index (χ3n) is 16.0. The molecule has 1 heterocycles. The molecule has 8 aliphatic carbocycles. The number of hydrogen-bond acceptors (Lipinski definition) is 10. The van der Waals surface area contributed by atoms with Gasteiger partial charge in [0.05, 0.1) is 27.4 Å². The fourth-order valence-corrected chi connectivity index (χ4v) is 11.7. The van der Waals surface area contributed by atoms with Crippen molar-refractivity contribution in [2.45, 2.75) is 215 Å². The molecule has 8 saturated carbocycles. The second kappa shape index (κ2) is 15.4. The predicted molar refractivity (Wildman–Crippen MR) is 218 cm³/mol. The van der Waals surface area contributed by atoms with Gasteiger partial charge in [-0.15, -0.1) is 0 Å². The molecule has 0 aromatic rings. The molecule has 2 N–H and O–H groups in total. The standard InChI is InChI=1S/C19H32O2.C16H26O4.C12H20O4/c1-6-17(2,3)16(20)21-18(4,5)19-10-13-7-14(11-19)9-15(8-13)12-19;1-4-13(2,3)12(17)20-16-7-11-5-14(18,9-16)8-15(19,6-11)10-16;1-6-11(2,3)10(14)16-8-9(13)15-7-12(8,4)5/h13-15H,6-12H2,1-5H3;11,18-19H,4-10H2,1-3H3;8H,6-7H2,1-5H3. The lowest BCUT2D eigenvalue weighted by Gasteiger charge is -2.62. The predicted octanol–water partition coefficient (Wildman–Crippen LogP) is 9.04. The first-order valence-electron chi connectivity index (χ1n) is 22.3. The molecule has 10 nitrogen and oxygen atoms in total. The Morgan fingerprint density at radius 3 is 1.49 bits per heavy atom. The Hall–Kier alpha value is -2.20. The highest BCUT2D eigenvalue weighted by molar-refractivity contribution is 5.83. The van der Waals surface area contributed by atoms with Crippen LogP contribution in [0.2, 0.25) is 0 Å². The van der Waals surface area contributed by atoms with Crippen molar-refractivity contribution in [3.05, 3.63) is 0 Å². The molecule has 3 unspecified atom stereocenters. The van der Waals surface area contributed by atoms with Gasteiger partial charge >= 0.3 is 23.9 Å². The highest BCUT2D eigenvalue weighted by Crippen LogP contribution is 2.65. The molecule has 10 heteroatoms. The van der Waals surface area contributed by atoms with Crippen LogP contribution in [0.25, 0.3) is 0 Å². The fourth-order valence-electron chi connectivity index (χ4n) is 11.7. The topological polar surface area (TPSA) is 146 Å². The first-order valence-corrected chi connectivity index (χ1v) is 22.3. The highest BCUT2D eigenvalue weighted by Gasteiger charge is 2.65. The summed E-state index contributed by atoms with van der Waals surface area (Å²) in [5.74, 6) is 1.98. The van der Waals surface area contributed by atoms with Crippen LogP contribution in [0.4, 0.5) is 0 Å². The molecule has 0 aromatic heterocycles. The lowest BCUT2D eigenvalue weighted by molar-refractivity contribution is -0.264. The Balaban J connectivity index is 0.000000165. The third-order valence-corrected chi connectivity index (χ3v) is 16.0. The number of aliphatic hydroxyl groups is 2. The number of rotatable bonds is 10. The molecule has 0 amide bonds. The van der Waals surface area contributed by atoms with Crippen molar-refractivity contribution in [2.75, 3.05) is 6.61 Å². The minimum atomic E-state index is -0.842. The summed E-state index contributed by atoms with van der Waals surface area (Å²) in [5.41, 5.74) is -4.25. The molecule has 1 saturated heterocycles. The normalized spacial score (nSPS) is 37.3. The first-order chi connectivity index (χ1) is 26.0. The Kier molecular flexibility index (Phi) is 12.4. The van der Waals surface area contributed by atoms with Gasteiger partial charge in [-0.2, -0.15) is 0 Å². The van der Waals surface area contributed by atoms with E-state index < -0.39 is 45.1 Å². The number of ether oxygens (including phenoxy) is 4. The van der Waals surface area contributed by atoms with Crippen LogP contribution in [-0.4, -0.2) is 69.2 Å². The van der Waals surface area contributed by atoms with Crippen molar-refractivity contribution in [3.63, 3.8) is 0 Å². The molecule has 3 atom stereocenters. The van der Waals surface area contributed by atoms with Gasteiger partial charge in [-0.3, -0.25) is 14.4 Å². The molecular weight excluding hydrogens is 725 g/mol. The zero-order valence-electron chi connectivity index (χ0n) is 37.9. The van der Waals surface area contributed by atoms with Gasteiger partial charge < -0.3 is 29.2 Å². The van der Waals surface area contributed by atoms with E-state index in [2.05, 4.69) is 20.8 Å². The second-order valence-corrected chi connectivity index (χ2v) is 23.2. The van der Waals surface area contributed by atoms with Crippen LogP contribution in [-0.2, 0) is 38.1 Å². The smallest absolute Gasteiger partial charge is 0.348 e. The molecule has 0 spiro atoms. The summed E-state index contributed by atoms with van der Waals surface area (Å²) >= 11 is 0. The number of carbonyl (C=O) groups is 4. The average Bonchev–Trinajstić information content (AvgIpc) is 3.32. The number of carbonyl (C=O) groups excluding carboxylic acids is 4. The van der Waals surface area contributed by atoms with E-state index in [9.17, 15) is 29.4 Å². The monoisotopic (exact) mass is 803 g/mol. The second-order valence-electron chi connectivity index (χ2n) is 23.2. The Labute approximate surface area is 343 Å². The maximum atomic E-state index is 12.6. The van der Waals surface area contributed by atoms with Gasteiger partial charge in [0.1, 0.15) is 17.8 Å². The van der Waals surface area contributed by atoms with Crippen molar-refractivity contribution < 1.29 is 48.3 Å². The zero-order valence-corrected chi connectivity index (χ0v) is 37.9. The van der Waals surface area contributed by atoms with E-state index in [1.165, 1.54) is 38.5 Å². The van der Waals surface area contributed by atoms with Crippen LogP contribution < -0.4 is 0 Å². The van der Waals surface area contributed by atoms with Gasteiger partial charge in [0.25, 0.3) is 0 Å². The molecular formula is C47H78O10. The van der Waals surface area contributed by atoms with Crippen LogP contribution >= 0.6 is 0 Å². The van der Waals surface area contributed by atoms with Gasteiger partial charge in [-0.1, -0.05) is 34.6 Å². The largest absolute Gasteiger partial charge is 0.462 e. The lowest BCUT2D eigenvalue weighted by Crippen LogP contribution is -2.67. The van der Waals surface area contributed by atoms with E-state index in [0.29, 0.717) is 32.3 Å². The van der Waals surface area contributed by atoms with Gasteiger partial charge in [0.2, 0.25) is 6.10 Å². The SMILES string of the molecule is CCC(C)(C)C(=O)OC(C)(C)C12CC3CC(CC(C3)C1)C2.CCC(C)(C)C(=O)OC12CC3CC(O)(CC(O)(C3)C1)C2.CCC(C)(C)C(=O)OC1C(=O)OCC1(C)C. The Bertz CT molecular complexity index is 1480. The molecule has 9 aliphatic rings. The maximum absolute atomic E-state index is 12.6. The van der Waals surface area contributed by atoms with Crippen molar-refractivity contribution in [1.82, 2.24) is 0 Å². The van der Waals surface area contributed by atoms with Gasteiger partial charge in [-0.25, -0.2) is 4.79 Å². The van der Waals surface area contributed by atoms with Gasteiger partial charge in [-0.05, 0) is 156 Å². The van der Waals surface area contributed by atoms with Gasteiger partial charge in [0, 0.05) is 30.1 Å². The molecule has 326 valence electrons. The van der Waals surface area contributed by atoms with Crippen LogP contribution in [0.15, 0.2) is 0 Å². The van der Waals surface area contributed by atoms with Crippen molar-refractivity contribution in [2.24, 2.45) is 50.7 Å². The molecule has 57 heavy (non-hydrogen) atoms. The molecule has 9 rings (SSSR count). The van der Waals surface area contributed by atoms with E-state index in [0.717, 1.165) is 49.9 Å². The fraction of sp³-hybridized carbons (Fsp3) is 0.915. The van der Waals surface area contributed by atoms with Crippen molar-refractivity contribution in [1.29, 1.82) is 0 Å². The van der Waals surface area contributed by atoms with Crippen LogP contribution in [0.1, 0.15) is 186 Å². The first kappa shape index (κ1) is 45.9. The number of esters is 4. The van der Waals surface area contributed by atoms with E-state index >= 15 is 0 Å². The highest BCUT2D eigenvalue weighted by atomic mass is 16.6.